The van der Waals surface area contributed by atoms with Crippen molar-refractivity contribution in [3.63, 3.8) is 0 Å². The van der Waals surface area contributed by atoms with Gasteiger partial charge >= 0.3 is 0 Å². The first-order valence-electron chi connectivity index (χ1n) is 4.41. The van der Waals surface area contributed by atoms with Crippen LogP contribution in [-0.4, -0.2) is 28.6 Å². The molecule has 0 unspecified atom stereocenters. The number of hydrogen-bond donors (Lipinski definition) is 3. The third-order valence-electron chi connectivity index (χ3n) is 1.68. The topological polar surface area (TPSA) is 89.6 Å². The number of halogens is 3. The van der Waals surface area contributed by atoms with Crippen LogP contribution in [0, 0.1) is 0 Å². The molecular weight excluding hydrogens is 302 g/mol. The number of rotatable bonds is 4. The van der Waals surface area contributed by atoms with Gasteiger partial charge in [-0.05, 0) is 12.1 Å². The molecule has 0 aliphatic heterocycles. The Morgan fingerprint density at radius 3 is 2.00 bits per heavy atom. The van der Waals surface area contributed by atoms with Crippen molar-refractivity contribution in [1.82, 2.24) is 0 Å². The van der Waals surface area contributed by atoms with Gasteiger partial charge < -0.3 is 10.4 Å². The zero-order chi connectivity index (χ0) is 13.5. The Balaban J connectivity index is 3.01. The largest absolute Gasteiger partial charge is 0.411 e. The van der Waals surface area contributed by atoms with Gasteiger partial charge in [-0.25, -0.2) is 0 Å². The van der Waals surface area contributed by atoms with E-state index in [2.05, 4.69) is 20.8 Å². The summed E-state index contributed by atoms with van der Waals surface area (Å²) in [7, 11) is 0. The zero-order valence-corrected chi connectivity index (χ0v) is 10.9. The van der Waals surface area contributed by atoms with Crippen LogP contribution in [0.2, 0.25) is 15.1 Å². The predicted octanol–water partition coefficient (Wildman–Crippen LogP) is 3.33. The minimum absolute atomic E-state index is 0.0436. The zero-order valence-electron chi connectivity index (χ0n) is 8.68. The molecule has 0 atom stereocenters. The minimum atomic E-state index is 0.0436. The van der Waals surface area contributed by atoms with Crippen LogP contribution in [0.25, 0.3) is 0 Å². The Morgan fingerprint density at radius 2 is 1.56 bits per heavy atom. The van der Waals surface area contributed by atoms with Crippen molar-refractivity contribution in [1.29, 1.82) is 0 Å². The molecule has 0 heterocycles. The van der Waals surface area contributed by atoms with Gasteiger partial charge in [-0.3, -0.25) is 5.43 Å². The molecule has 0 fully saturated rings. The molecule has 1 aromatic carbocycles. The maximum absolute atomic E-state index is 8.35. The van der Waals surface area contributed by atoms with Crippen LogP contribution in [0.3, 0.4) is 0 Å². The molecule has 18 heavy (non-hydrogen) atoms. The highest BCUT2D eigenvalue weighted by Gasteiger charge is 2.07. The fourth-order valence-electron chi connectivity index (χ4n) is 0.979. The average molecular weight is 310 g/mol. The molecule has 0 saturated heterocycles. The van der Waals surface area contributed by atoms with E-state index in [0.29, 0.717) is 10.7 Å². The van der Waals surface area contributed by atoms with Crippen molar-refractivity contribution in [2.45, 2.75) is 0 Å². The molecule has 0 aromatic heterocycles. The lowest BCUT2D eigenvalue weighted by Gasteiger charge is -2.06. The number of oxime groups is 2. The van der Waals surface area contributed by atoms with Crippen molar-refractivity contribution >= 4 is 58.6 Å². The van der Waals surface area contributed by atoms with E-state index >= 15 is 0 Å². The predicted molar refractivity (Wildman–Crippen MR) is 73.1 cm³/mol. The van der Waals surface area contributed by atoms with E-state index in [-0.39, 0.29) is 15.8 Å². The number of benzene rings is 1. The lowest BCUT2D eigenvalue weighted by atomic mass is 10.3. The number of nitrogens with one attached hydrogen (secondary N) is 1. The van der Waals surface area contributed by atoms with E-state index in [1.54, 1.807) is 0 Å². The number of hydrazone groups is 1. The molecule has 1 aromatic rings. The monoisotopic (exact) mass is 308 g/mol. The van der Waals surface area contributed by atoms with Crippen LogP contribution in [0.5, 0.6) is 0 Å². The van der Waals surface area contributed by atoms with E-state index in [1.165, 1.54) is 12.1 Å². The van der Waals surface area contributed by atoms with Gasteiger partial charge in [-0.1, -0.05) is 45.1 Å². The Labute approximate surface area is 117 Å². The number of anilines is 1. The quantitative estimate of drug-likeness (QED) is 0.452. The Morgan fingerprint density at radius 1 is 1.06 bits per heavy atom. The lowest BCUT2D eigenvalue weighted by Crippen LogP contribution is -2.06. The van der Waals surface area contributed by atoms with Gasteiger partial charge in [0.25, 0.3) is 0 Å². The maximum Gasteiger partial charge on any atom is 0.127 e. The highest BCUT2D eigenvalue weighted by molar-refractivity contribution is 6.55. The molecule has 1 rings (SSSR count). The molecule has 6 nitrogen and oxygen atoms in total. The number of nitrogens with zero attached hydrogens (tertiary/aromatic N) is 3. The van der Waals surface area contributed by atoms with E-state index in [1.807, 2.05) is 0 Å². The summed E-state index contributed by atoms with van der Waals surface area (Å²) in [5, 5.41) is 26.9. The van der Waals surface area contributed by atoms with Crippen molar-refractivity contribution in [3.8, 4) is 0 Å². The van der Waals surface area contributed by atoms with Crippen molar-refractivity contribution in [2.24, 2.45) is 15.4 Å². The van der Waals surface area contributed by atoms with Gasteiger partial charge in [0.1, 0.15) is 5.71 Å². The van der Waals surface area contributed by atoms with Crippen LogP contribution in [-0.2, 0) is 0 Å². The van der Waals surface area contributed by atoms with Crippen molar-refractivity contribution in [3.05, 3.63) is 27.2 Å². The van der Waals surface area contributed by atoms with Crippen molar-refractivity contribution in [2.75, 3.05) is 5.43 Å². The molecule has 0 radical (unpaired) electrons. The Kier molecular flexibility index (Phi) is 5.70. The van der Waals surface area contributed by atoms with Gasteiger partial charge in [0, 0.05) is 5.02 Å². The Hall–Kier alpha value is -1.50. The van der Waals surface area contributed by atoms with Crippen LogP contribution in [0.15, 0.2) is 27.5 Å². The SMILES string of the molecule is ON=CC(C=NO)=NNc1c(Cl)cc(Cl)cc1Cl. The normalized spacial score (nSPS) is 11.1. The third-order valence-corrected chi connectivity index (χ3v) is 2.50. The van der Waals surface area contributed by atoms with Gasteiger partial charge in [0.15, 0.2) is 0 Å². The molecule has 0 spiro atoms. The second-order valence-corrected chi connectivity index (χ2v) is 4.13. The summed E-state index contributed by atoms with van der Waals surface area (Å²) in [5.74, 6) is 0. The van der Waals surface area contributed by atoms with E-state index in [0.717, 1.165) is 12.4 Å². The first-order valence-corrected chi connectivity index (χ1v) is 5.55. The number of hydrogen-bond acceptors (Lipinski definition) is 6. The van der Waals surface area contributed by atoms with Gasteiger partial charge in [-0.2, -0.15) is 5.10 Å². The highest BCUT2D eigenvalue weighted by atomic mass is 35.5. The summed E-state index contributed by atoms with van der Waals surface area (Å²) < 4.78 is 0. The molecule has 0 bridgehead atoms. The summed E-state index contributed by atoms with van der Waals surface area (Å²) in [6.07, 6.45) is 1.90. The molecule has 3 N–H and O–H groups in total. The molecule has 0 amide bonds. The molecule has 0 saturated carbocycles. The van der Waals surface area contributed by atoms with E-state index < -0.39 is 0 Å². The van der Waals surface area contributed by atoms with Gasteiger partial charge in [-0.15, -0.1) is 0 Å². The van der Waals surface area contributed by atoms with Gasteiger partial charge in [0.05, 0.1) is 28.2 Å². The summed E-state index contributed by atoms with van der Waals surface area (Å²) in [4.78, 5) is 0. The highest BCUT2D eigenvalue weighted by Crippen LogP contribution is 2.33. The summed E-state index contributed by atoms with van der Waals surface area (Å²) in [5.41, 5.74) is 2.90. The summed E-state index contributed by atoms with van der Waals surface area (Å²) in [6.45, 7) is 0. The minimum Gasteiger partial charge on any atom is -0.411 e. The smallest absolute Gasteiger partial charge is 0.127 e. The third kappa shape index (κ3) is 4.06. The second-order valence-electron chi connectivity index (χ2n) is 2.88. The standard InChI is InChI=1S/C9H7Cl3N4O2/c10-5-1-7(11)9(8(12)2-5)16-15-6(3-13-17)4-14-18/h1-4,16-18H. The van der Waals surface area contributed by atoms with E-state index in [4.69, 9.17) is 45.2 Å². The fraction of sp³-hybridized carbons (Fsp3) is 0. The first kappa shape index (κ1) is 14.6. The molecule has 0 aliphatic carbocycles. The van der Waals surface area contributed by atoms with E-state index in [9.17, 15) is 0 Å². The first-order chi connectivity index (χ1) is 8.58. The summed E-state index contributed by atoms with van der Waals surface area (Å²) >= 11 is 17.6. The van der Waals surface area contributed by atoms with Crippen LogP contribution in [0.1, 0.15) is 0 Å². The Bertz CT molecular complexity index is 480. The maximum atomic E-state index is 8.35. The van der Waals surface area contributed by atoms with Crippen LogP contribution < -0.4 is 5.43 Å². The second kappa shape index (κ2) is 7.05. The average Bonchev–Trinajstić information content (AvgIpc) is 2.28. The summed E-state index contributed by atoms with van der Waals surface area (Å²) in [6, 6.07) is 2.96. The van der Waals surface area contributed by atoms with Gasteiger partial charge in [0.2, 0.25) is 0 Å². The molecule has 96 valence electrons. The molecule has 9 heteroatoms. The van der Waals surface area contributed by atoms with Crippen LogP contribution >= 0.6 is 34.8 Å². The molecular formula is C9H7Cl3N4O2. The lowest BCUT2D eigenvalue weighted by molar-refractivity contribution is 0.321. The molecule has 0 aliphatic rings. The van der Waals surface area contributed by atoms with Crippen LogP contribution in [0.4, 0.5) is 5.69 Å². The van der Waals surface area contributed by atoms with Crippen molar-refractivity contribution < 1.29 is 10.4 Å². The fourth-order valence-corrected chi connectivity index (χ4v) is 1.88.